The summed E-state index contributed by atoms with van der Waals surface area (Å²) >= 11 is 12.6. The quantitative estimate of drug-likeness (QED) is 0.185. The van der Waals surface area contributed by atoms with Crippen molar-refractivity contribution in [2.45, 2.75) is 45.2 Å². The van der Waals surface area contributed by atoms with Crippen LogP contribution in [-0.2, 0) is 26.2 Å². The van der Waals surface area contributed by atoms with Crippen molar-refractivity contribution in [3.05, 3.63) is 92.0 Å². The number of nitro groups is 1. The molecule has 0 spiro atoms. The van der Waals surface area contributed by atoms with Crippen LogP contribution in [0.25, 0.3) is 0 Å². The van der Waals surface area contributed by atoms with Crippen LogP contribution < -0.4 is 14.4 Å². The van der Waals surface area contributed by atoms with Crippen molar-refractivity contribution < 1.29 is 27.7 Å². The standard InChI is InChI=1S/C30H34Cl2N4O7S/c1-19(2)16-33-30(38)21(4)34(17-22-8-6-7-9-25(22)32)29(37)18-35(27-14-23(31)11-13-28(27)43-5)44(41,42)24-12-10-20(3)26(15-24)36(39)40/h6-15,19,21H,16-18H2,1-5H3,(H,33,38). The molecular weight excluding hydrogens is 631 g/mol. The minimum absolute atomic E-state index is 0.0766. The molecule has 0 aliphatic heterocycles. The number of anilines is 1. The Morgan fingerprint density at radius 2 is 1.73 bits per heavy atom. The van der Waals surface area contributed by atoms with Gasteiger partial charge in [-0.15, -0.1) is 0 Å². The van der Waals surface area contributed by atoms with Crippen LogP contribution in [0, 0.1) is 23.0 Å². The zero-order valence-corrected chi connectivity index (χ0v) is 27.2. The third-order valence-electron chi connectivity index (χ3n) is 6.80. The SMILES string of the molecule is COc1ccc(Cl)cc1N(CC(=O)N(Cc1ccccc1Cl)C(C)C(=O)NCC(C)C)S(=O)(=O)c1ccc(C)c([N+](=O)[O-])c1. The van der Waals surface area contributed by atoms with Crippen LogP contribution >= 0.6 is 23.2 Å². The molecule has 0 radical (unpaired) electrons. The molecule has 0 aliphatic rings. The highest BCUT2D eigenvalue weighted by Crippen LogP contribution is 2.36. The fraction of sp³-hybridized carbons (Fsp3) is 0.333. The van der Waals surface area contributed by atoms with Crippen molar-refractivity contribution in [2.24, 2.45) is 5.92 Å². The van der Waals surface area contributed by atoms with Gasteiger partial charge in [0.15, 0.2) is 0 Å². The van der Waals surface area contributed by atoms with E-state index in [1.54, 1.807) is 24.3 Å². The van der Waals surface area contributed by atoms with E-state index < -0.39 is 49.9 Å². The Morgan fingerprint density at radius 1 is 1.05 bits per heavy atom. The zero-order chi connectivity index (χ0) is 32.8. The third kappa shape index (κ3) is 8.19. The number of carbonyl (C=O) groups is 2. The number of carbonyl (C=O) groups excluding carboxylic acids is 2. The van der Waals surface area contributed by atoms with Crippen molar-refractivity contribution >= 4 is 56.4 Å². The first kappa shape index (κ1) is 34.6. The number of nitrogens with zero attached hydrogens (tertiary/aromatic N) is 3. The Bertz CT molecular complexity index is 1650. The van der Waals surface area contributed by atoms with Crippen LogP contribution in [0.3, 0.4) is 0 Å². The molecule has 2 amide bonds. The van der Waals surface area contributed by atoms with E-state index in [-0.39, 0.29) is 34.5 Å². The molecule has 3 aromatic rings. The molecule has 0 bridgehead atoms. The number of ether oxygens (including phenoxy) is 1. The van der Waals surface area contributed by atoms with Gasteiger partial charge in [0.05, 0.1) is 22.6 Å². The number of benzene rings is 3. The summed E-state index contributed by atoms with van der Waals surface area (Å²) in [6.45, 7) is 6.32. The topological polar surface area (TPSA) is 139 Å². The number of rotatable bonds is 13. The Labute approximate surface area is 266 Å². The molecule has 0 saturated heterocycles. The summed E-state index contributed by atoms with van der Waals surface area (Å²) < 4.78 is 34.5. The molecular formula is C30H34Cl2N4O7S. The number of aryl methyl sites for hydroxylation is 1. The van der Waals surface area contributed by atoms with E-state index in [0.29, 0.717) is 17.1 Å². The maximum Gasteiger partial charge on any atom is 0.273 e. The Balaban J connectivity index is 2.16. The predicted octanol–water partition coefficient (Wildman–Crippen LogP) is 5.60. The zero-order valence-electron chi connectivity index (χ0n) is 24.9. The van der Waals surface area contributed by atoms with Crippen molar-refractivity contribution in [1.82, 2.24) is 10.2 Å². The van der Waals surface area contributed by atoms with E-state index in [1.807, 2.05) is 13.8 Å². The summed E-state index contributed by atoms with van der Waals surface area (Å²) in [6, 6.07) is 13.5. The second-order valence-electron chi connectivity index (χ2n) is 10.5. The summed E-state index contributed by atoms with van der Waals surface area (Å²) in [5.41, 5.74) is 0.302. The molecule has 3 aromatic carbocycles. The van der Waals surface area contributed by atoms with Crippen LogP contribution in [0.4, 0.5) is 11.4 Å². The number of hydrogen-bond acceptors (Lipinski definition) is 7. The molecule has 0 aromatic heterocycles. The van der Waals surface area contributed by atoms with Crippen LogP contribution in [0.2, 0.25) is 10.0 Å². The highest BCUT2D eigenvalue weighted by atomic mass is 35.5. The molecule has 3 rings (SSSR count). The monoisotopic (exact) mass is 664 g/mol. The van der Waals surface area contributed by atoms with Gasteiger partial charge in [0.1, 0.15) is 18.3 Å². The van der Waals surface area contributed by atoms with Gasteiger partial charge < -0.3 is 15.0 Å². The molecule has 1 atom stereocenters. The van der Waals surface area contributed by atoms with Gasteiger partial charge in [-0.25, -0.2) is 8.42 Å². The highest BCUT2D eigenvalue weighted by molar-refractivity contribution is 7.92. The van der Waals surface area contributed by atoms with E-state index in [2.05, 4.69) is 5.32 Å². The molecule has 1 N–H and O–H groups in total. The van der Waals surface area contributed by atoms with Crippen LogP contribution in [-0.4, -0.2) is 56.3 Å². The number of methoxy groups -OCH3 is 1. The van der Waals surface area contributed by atoms with Crippen LogP contribution in [0.5, 0.6) is 5.75 Å². The predicted molar refractivity (Wildman–Crippen MR) is 170 cm³/mol. The second-order valence-corrected chi connectivity index (χ2v) is 13.2. The van der Waals surface area contributed by atoms with Crippen molar-refractivity contribution in [3.63, 3.8) is 0 Å². The summed E-state index contributed by atoms with van der Waals surface area (Å²) in [6.07, 6.45) is 0. The van der Waals surface area contributed by atoms with Gasteiger partial charge in [-0.2, -0.15) is 0 Å². The molecule has 1 unspecified atom stereocenters. The van der Waals surface area contributed by atoms with E-state index in [0.717, 1.165) is 10.4 Å². The van der Waals surface area contributed by atoms with Crippen LogP contribution in [0.15, 0.2) is 65.6 Å². The number of nitrogens with one attached hydrogen (secondary N) is 1. The number of nitro benzene ring substituents is 1. The summed E-state index contributed by atoms with van der Waals surface area (Å²) in [7, 11) is -3.32. The van der Waals surface area contributed by atoms with Crippen LogP contribution in [0.1, 0.15) is 31.9 Å². The lowest BCUT2D eigenvalue weighted by Gasteiger charge is -2.32. The van der Waals surface area contributed by atoms with Gasteiger partial charge in [0.2, 0.25) is 11.8 Å². The van der Waals surface area contributed by atoms with E-state index in [4.69, 9.17) is 27.9 Å². The molecule has 44 heavy (non-hydrogen) atoms. The molecule has 0 aliphatic carbocycles. The highest BCUT2D eigenvalue weighted by Gasteiger charge is 2.35. The van der Waals surface area contributed by atoms with Gasteiger partial charge in [-0.3, -0.25) is 24.0 Å². The van der Waals surface area contributed by atoms with Gasteiger partial charge in [0.25, 0.3) is 15.7 Å². The Hall–Kier alpha value is -3.87. The number of sulfonamides is 1. The molecule has 0 saturated carbocycles. The van der Waals surface area contributed by atoms with E-state index in [1.165, 1.54) is 56.2 Å². The number of amides is 2. The fourth-order valence-corrected chi connectivity index (χ4v) is 6.09. The lowest BCUT2D eigenvalue weighted by Crippen LogP contribution is -2.51. The fourth-order valence-electron chi connectivity index (χ4n) is 4.29. The van der Waals surface area contributed by atoms with E-state index in [9.17, 15) is 28.1 Å². The summed E-state index contributed by atoms with van der Waals surface area (Å²) in [5.74, 6) is -0.964. The maximum absolute atomic E-state index is 14.2. The maximum atomic E-state index is 14.2. The van der Waals surface area contributed by atoms with Gasteiger partial charge in [-0.05, 0) is 55.7 Å². The molecule has 14 heteroatoms. The van der Waals surface area contributed by atoms with Gasteiger partial charge in [0, 0.05) is 34.8 Å². The van der Waals surface area contributed by atoms with Crippen molar-refractivity contribution in [1.29, 1.82) is 0 Å². The first-order chi connectivity index (χ1) is 20.7. The van der Waals surface area contributed by atoms with Gasteiger partial charge >= 0.3 is 0 Å². The number of halogens is 2. The number of hydrogen-bond donors (Lipinski definition) is 1. The molecule has 0 fully saturated rings. The smallest absolute Gasteiger partial charge is 0.273 e. The minimum Gasteiger partial charge on any atom is -0.495 e. The average Bonchev–Trinajstić information content (AvgIpc) is 2.97. The Morgan fingerprint density at radius 3 is 2.34 bits per heavy atom. The molecule has 236 valence electrons. The van der Waals surface area contributed by atoms with Crippen molar-refractivity contribution in [2.75, 3.05) is 24.5 Å². The summed E-state index contributed by atoms with van der Waals surface area (Å²) in [4.78, 5) is 39.0. The second kappa shape index (κ2) is 14.7. The molecule has 11 nitrogen and oxygen atoms in total. The summed E-state index contributed by atoms with van der Waals surface area (Å²) in [5, 5.41) is 15.0. The largest absolute Gasteiger partial charge is 0.495 e. The Kier molecular flexibility index (Phi) is 11.6. The lowest BCUT2D eigenvalue weighted by atomic mass is 10.1. The van der Waals surface area contributed by atoms with Crippen molar-refractivity contribution in [3.8, 4) is 5.75 Å². The molecule has 0 heterocycles. The van der Waals surface area contributed by atoms with E-state index >= 15 is 0 Å². The van der Waals surface area contributed by atoms with Gasteiger partial charge in [-0.1, -0.05) is 61.3 Å². The average molecular weight is 666 g/mol. The third-order valence-corrected chi connectivity index (χ3v) is 9.16. The minimum atomic E-state index is -4.64. The normalized spacial score (nSPS) is 12.0. The first-order valence-electron chi connectivity index (χ1n) is 13.6. The first-order valence-corrected chi connectivity index (χ1v) is 15.8. The lowest BCUT2D eigenvalue weighted by molar-refractivity contribution is -0.385.